The van der Waals surface area contributed by atoms with Gasteiger partial charge in [0.2, 0.25) is 0 Å². The van der Waals surface area contributed by atoms with Crippen LogP contribution in [0.25, 0.3) is 0 Å². The van der Waals surface area contributed by atoms with Crippen molar-refractivity contribution >= 4 is 11.8 Å². The Balaban J connectivity index is 2.18. The summed E-state index contributed by atoms with van der Waals surface area (Å²) in [5.74, 6) is 2.52. The second-order valence-electron chi connectivity index (χ2n) is 3.04. The van der Waals surface area contributed by atoms with E-state index in [0.29, 0.717) is 12.6 Å². The van der Waals surface area contributed by atoms with E-state index in [1.165, 1.54) is 18.1 Å². The summed E-state index contributed by atoms with van der Waals surface area (Å²) in [5.41, 5.74) is 0. The number of aliphatic hydroxyl groups excluding tert-OH is 1. The molecule has 0 saturated carbocycles. The van der Waals surface area contributed by atoms with Gasteiger partial charge < -0.3 is 5.11 Å². The molecular weight excluding hydrogens is 158 g/mol. The molecule has 1 aliphatic rings. The molecule has 1 saturated heterocycles. The molecule has 1 atom stereocenters. The minimum Gasteiger partial charge on any atom is -0.396 e. The Hall–Kier alpha value is 0.270. The van der Waals surface area contributed by atoms with E-state index in [-0.39, 0.29) is 0 Å². The summed E-state index contributed by atoms with van der Waals surface area (Å²) in [5, 5.41) is 8.65. The van der Waals surface area contributed by atoms with Crippen molar-refractivity contribution in [3.63, 3.8) is 0 Å². The van der Waals surface area contributed by atoms with Crippen LogP contribution >= 0.6 is 11.8 Å². The van der Waals surface area contributed by atoms with Gasteiger partial charge in [0, 0.05) is 37.2 Å². The van der Waals surface area contributed by atoms with Gasteiger partial charge in [-0.15, -0.1) is 0 Å². The Bertz CT molecular complexity index is 110. The van der Waals surface area contributed by atoms with Gasteiger partial charge >= 0.3 is 0 Å². The first-order valence-electron chi connectivity index (χ1n) is 4.27. The summed E-state index contributed by atoms with van der Waals surface area (Å²) >= 11 is 2.04. The minimum absolute atomic E-state index is 0.330. The number of thioether (sulfide) groups is 1. The average molecular weight is 175 g/mol. The SMILES string of the molecule is CC1CSCCN1CCCO. The van der Waals surface area contributed by atoms with E-state index < -0.39 is 0 Å². The maximum atomic E-state index is 8.65. The summed E-state index contributed by atoms with van der Waals surface area (Å²) < 4.78 is 0. The van der Waals surface area contributed by atoms with E-state index in [2.05, 4.69) is 11.8 Å². The molecule has 0 aromatic carbocycles. The molecule has 11 heavy (non-hydrogen) atoms. The van der Waals surface area contributed by atoms with Crippen molar-refractivity contribution in [1.29, 1.82) is 0 Å². The van der Waals surface area contributed by atoms with Crippen LogP contribution in [0, 0.1) is 0 Å². The number of hydrogen-bond donors (Lipinski definition) is 1. The van der Waals surface area contributed by atoms with Crippen molar-refractivity contribution in [2.24, 2.45) is 0 Å². The third kappa shape index (κ3) is 3.01. The highest BCUT2D eigenvalue weighted by Gasteiger charge is 2.16. The summed E-state index contributed by atoms with van der Waals surface area (Å²) in [6.07, 6.45) is 0.926. The topological polar surface area (TPSA) is 23.5 Å². The number of hydrogen-bond acceptors (Lipinski definition) is 3. The predicted octanol–water partition coefficient (Wildman–Crippen LogP) is 0.806. The maximum absolute atomic E-state index is 8.65. The number of nitrogens with zero attached hydrogens (tertiary/aromatic N) is 1. The maximum Gasteiger partial charge on any atom is 0.0443 e. The molecule has 0 bridgehead atoms. The molecular formula is C8H17NOS. The molecule has 0 aromatic heterocycles. The highest BCUT2D eigenvalue weighted by atomic mass is 32.2. The van der Waals surface area contributed by atoms with Crippen molar-refractivity contribution in [2.45, 2.75) is 19.4 Å². The van der Waals surface area contributed by atoms with Gasteiger partial charge in [-0.1, -0.05) is 0 Å². The smallest absolute Gasteiger partial charge is 0.0443 e. The van der Waals surface area contributed by atoms with Crippen LogP contribution in [0.3, 0.4) is 0 Å². The molecule has 0 spiro atoms. The van der Waals surface area contributed by atoms with E-state index in [1.54, 1.807) is 0 Å². The van der Waals surface area contributed by atoms with Gasteiger partial charge in [-0.3, -0.25) is 4.90 Å². The molecule has 1 N–H and O–H groups in total. The lowest BCUT2D eigenvalue weighted by molar-refractivity contribution is 0.199. The minimum atomic E-state index is 0.330. The Labute approximate surface area is 73.0 Å². The number of aliphatic hydroxyl groups is 1. The first-order chi connectivity index (χ1) is 5.34. The molecule has 2 nitrogen and oxygen atoms in total. The average Bonchev–Trinajstić information content (AvgIpc) is 2.03. The van der Waals surface area contributed by atoms with Gasteiger partial charge in [0.1, 0.15) is 0 Å². The fraction of sp³-hybridized carbons (Fsp3) is 1.00. The molecule has 0 radical (unpaired) electrons. The van der Waals surface area contributed by atoms with Crippen LogP contribution < -0.4 is 0 Å². The van der Waals surface area contributed by atoms with Crippen molar-refractivity contribution < 1.29 is 5.11 Å². The zero-order valence-corrected chi connectivity index (χ0v) is 7.94. The fourth-order valence-corrected chi connectivity index (χ4v) is 2.45. The van der Waals surface area contributed by atoms with E-state index in [4.69, 9.17) is 5.11 Å². The first kappa shape index (κ1) is 9.36. The normalized spacial score (nSPS) is 27.3. The van der Waals surface area contributed by atoms with Crippen molar-refractivity contribution in [3.05, 3.63) is 0 Å². The summed E-state index contributed by atoms with van der Waals surface area (Å²) in [6, 6.07) is 0.709. The van der Waals surface area contributed by atoms with Crippen LogP contribution in [0.2, 0.25) is 0 Å². The molecule has 3 heteroatoms. The molecule has 66 valence electrons. The van der Waals surface area contributed by atoms with Gasteiger partial charge in [0.25, 0.3) is 0 Å². The van der Waals surface area contributed by atoms with Gasteiger partial charge in [0.05, 0.1) is 0 Å². The van der Waals surface area contributed by atoms with Crippen LogP contribution in [0.1, 0.15) is 13.3 Å². The molecule has 1 heterocycles. The lowest BCUT2D eigenvalue weighted by Gasteiger charge is -2.32. The lowest BCUT2D eigenvalue weighted by Crippen LogP contribution is -2.41. The zero-order valence-electron chi connectivity index (χ0n) is 7.12. The summed E-state index contributed by atoms with van der Waals surface area (Å²) in [7, 11) is 0. The molecule has 1 fully saturated rings. The highest BCUT2D eigenvalue weighted by molar-refractivity contribution is 7.99. The second kappa shape index (κ2) is 5.01. The predicted molar refractivity (Wildman–Crippen MR) is 50.1 cm³/mol. The Morgan fingerprint density at radius 1 is 1.64 bits per heavy atom. The fourth-order valence-electron chi connectivity index (χ4n) is 1.37. The summed E-state index contributed by atoms with van der Waals surface area (Å²) in [6.45, 7) is 4.87. The zero-order chi connectivity index (χ0) is 8.10. The quantitative estimate of drug-likeness (QED) is 0.686. The molecule has 0 amide bonds. The van der Waals surface area contributed by atoms with Crippen LogP contribution in [0.5, 0.6) is 0 Å². The molecule has 0 aliphatic carbocycles. The largest absolute Gasteiger partial charge is 0.396 e. The Morgan fingerprint density at radius 2 is 2.45 bits per heavy atom. The lowest BCUT2D eigenvalue weighted by atomic mass is 10.3. The third-order valence-corrected chi connectivity index (χ3v) is 3.30. The van der Waals surface area contributed by atoms with Crippen molar-refractivity contribution in [2.75, 3.05) is 31.2 Å². The Morgan fingerprint density at radius 3 is 3.09 bits per heavy atom. The van der Waals surface area contributed by atoms with Gasteiger partial charge in [-0.2, -0.15) is 11.8 Å². The van der Waals surface area contributed by atoms with Gasteiger partial charge in [0.15, 0.2) is 0 Å². The van der Waals surface area contributed by atoms with E-state index in [9.17, 15) is 0 Å². The monoisotopic (exact) mass is 175 g/mol. The van der Waals surface area contributed by atoms with Gasteiger partial charge in [-0.05, 0) is 13.3 Å². The standard InChI is InChI=1S/C8H17NOS/c1-8-7-11-6-4-9(8)3-2-5-10/h8,10H,2-7H2,1H3. The van der Waals surface area contributed by atoms with Crippen LogP contribution in [-0.4, -0.2) is 47.3 Å². The van der Waals surface area contributed by atoms with E-state index in [0.717, 1.165) is 13.0 Å². The first-order valence-corrected chi connectivity index (χ1v) is 5.42. The van der Waals surface area contributed by atoms with E-state index >= 15 is 0 Å². The Kier molecular flexibility index (Phi) is 4.26. The van der Waals surface area contributed by atoms with Crippen LogP contribution in [0.4, 0.5) is 0 Å². The second-order valence-corrected chi connectivity index (χ2v) is 4.19. The molecule has 0 aromatic rings. The van der Waals surface area contributed by atoms with Crippen molar-refractivity contribution in [3.8, 4) is 0 Å². The molecule has 1 rings (SSSR count). The third-order valence-electron chi connectivity index (χ3n) is 2.11. The van der Waals surface area contributed by atoms with Crippen molar-refractivity contribution in [1.82, 2.24) is 4.90 Å². The van der Waals surface area contributed by atoms with Crippen LogP contribution in [0.15, 0.2) is 0 Å². The van der Waals surface area contributed by atoms with Crippen LogP contribution in [-0.2, 0) is 0 Å². The summed E-state index contributed by atoms with van der Waals surface area (Å²) in [4.78, 5) is 2.46. The highest BCUT2D eigenvalue weighted by Crippen LogP contribution is 2.15. The van der Waals surface area contributed by atoms with E-state index in [1.807, 2.05) is 11.8 Å². The molecule has 1 unspecified atom stereocenters. The number of rotatable bonds is 3. The van der Waals surface area contributed by atoms with Gasteiger partial charge in [-0.25, -0.2) is 0 Å². The molecule has 1 aliphatic heterocycles.